The fourth-order valence-electron chi connectivity index (χ4n) is 5.03. The number of benzene rings is 3. The predicted molar refractivity (Wildman–Crippen MR) is 184 cm³/mol. The molecule has 0 bridgehead atoms. The molecule has 5 rings (SSSR count). The molecule has 0 unspecified atom stereocenters. The molecule has 0 saturated carbocycles. The van der Waals surface area contributed by atoms with Crippen LogP contribution in [-0.4, -0.2) is 30.4 Å². The Morgan fingerprint density at radius 3 is 2.47 bits per heavy atom. The van der Waals surface area contributed by atoms with Crippen molar-refractivity contribution in [3.05, 3.63) is 117 Å². The minimum atomic E-state index is -0.709. The summed E-state index contributed by atoms with van der Waals surface area (Å²) in [6.45, 7) is 8.83. The number of allylic oxidation sites excluding steroid dienone is 1. The summed E-state index contributed by atoms with van der Waals surface area (Å²) in [5, 5.41) is 0.641. The van der Waals surface area contributed by atoms with Gasteiger partial charge in [0.15, 0.2) is 16.3 Å². The quantitative estimate of drug-likeness (QED) is 0.130. The van der Waals surface area contributed by atoms with Crippen molar-refractivity contribution in [3.63, 3.8) is 0 Å². The number of fused-ring (bicyclic) bond motifs is 1. The Labute approximate surface area is 283 Å². The van der Waals surface area contributed by atoms with Gasteiger partial charge in [0.25, 0.3) is 5.56 Å². The smallest absolute Gasteiger partial charge is 0.338 e. The van der Waals surface area contributed by atoms with Crippen LogP contribution in [0.15, 0.2) is 81.7 Å². The van der Waals surface area contributed by atoms with Gasteiger partial charge in [-0.1, -0.05) is 47.2 Å². The van der Waals surface area contributed by atoms with E-state index < -0.39 is 12.0 Å². The number of thiazole rings is 1. The first-order valence-electron chi connectivity index (χ1n) is 14.5. The van der Waals surface area contributed by atoms with Crippen LogP contribution in [0, 0.1) is 3.57 Å². The van der Waals surface area contributed by atoms with Crippen LogP contribution in [0.5, 0.6) is 17.2 Å². The lowest BCUT2D eigenvalue weighted by Crippen LogP contribution is -2.39. The molecule has 1 aromatic heterocycles. The molecule has 1 atom stereocenters. The van der Waals surface area contributed by atoms with Crippen molar-refractivity contribution in [2.75, 3.05) is 19.8 Å². The summed E-state index contributed by atoms with van der Waals surface area (Å²) in [5.74, 6) is 1.38. The maximum Gasteiger partial charge on any atom is 0.338 e. The third-order valence-electron chi connectivity index (χ3n) is 6.93. The van der Waals surface area contributed by atoms with Crippen molar-refractivity contribution in [2.24, 2.45) is 4.99 Å². The van der Waals surface area contributed by atoms with Gasteiger partial charge in [-0.15, -0.1) is 0 Å². The minimum Gasteiger partial charge on any atom is -0.494 e. The highest BCUT2D eigenvalue weighted by Gasteiger charge is 2.33. The fraction of sp³-hybridized carbons (Fsp3) is 0.265. The second-order valence-corrected chi connectivity index (χ2v) is 12.6. The lowest BCUT2D eigenvalue weighted by Gasteiger charge is -2.24. The Morgan fingerprint density at radius 1 is 1.02 bits per heavy atom. The summed E-state index contributed by atoms with van der Waals surface area (Å²) in [4.78, 5) is 32.4. The van der Waals surface area contributed by atoms with E-state index in [1.165, 1.54) is 11.3 Å². The lowest BCUT2D eigenvalue weighted by molar-refractivity contribution is -0.139. The second kappa shape index (κ2) is 14.7. The number of carbonyl (C=O) groups excluding carboxylic acids is 1. The molecule has 0 amide bonds. The number of aromatic nitrogens is 1. The SMILES string of the molecule is CCOC(=O)C1=C(C)N=c2s/c(=C\c3cc(I)c(OCc4cccc(Cl)c4)c(OCC)c3)c(=O)n2[C@H]1c1ccc(OCC)cc1. The standard InChI is InChI=1S/C34H32ClIN2O6S/c1-5-41-25-13-11-23(12-14-25)30-29(33(40)43-7-3)20(4)37-34-38(30)32(39)28(45-34)18-22-16-26(36)31(27(17-22)42-6-2)44-19-21-9-8-10-24(35)15-21/h8-18,30H,5-7,19H2,1-4H3/b28-18-/t30-/m0/s1. The van der Waals surface area contributed by atoms with E-state index >= 15 is 0 Å². The molecule has 1 aliphatic rings. The molecule has 234 valence electrons. The summed E-state index contributed by atoms with van der Waals surface area (Å²) in [5.41, 5.74) is 3.02. The van der Waals surface area contributed by atoms with Crippen LogP contribution in [0.1, 0.15) is 50.4 Å². The van der Waals surface area contributed by atoms with Gasteiger partial charge < -0.3 is 18.9 Å². The van der Waals surface area contributed by atoms with Gasteiger partial charge in [0.1, 0.15) is 12.4 Å². The topological polar surface area (TPSA) is 88.4 Å². The first-order chi connectivity index (χ1) is 21.7. The van der Waals surface area contributed by atoms with Gasteiger partial charge >= 0.3 is 5.97 Å². The number of rotatable bonds is 11. The van der Waals surface area contributed by atoms with E-state index in [4.69, 9.17) is 30.5 Å². The molecule has 11 heteroatoms. The lowest BCUT2D eigenvalue weighted by atomic mass is 9.96. The molecule has 1 aliphatic heterocycles. The summed E-state index contributed by atoms with van der Waals surface area (Å²) in [6.07, 6.45) is 1.81. The van der Waals surface area contributed by atoms with E-state index in [0.29, 0.717) is 62.7 Å². The van der Waals surface area contributed by atoms with E-state index in [2.05, 4.69) is 27.6 Å². The molecule has 8 nitrogen and oxygen atoms in total. The molecule has 0 fully saturated rings. The molecule has 2 heterocycles. The molecule has 45 heavy (non-hydrogen) atoms. The van der Waals surface area contributed by atoms with Crippen LogP contribution < -0.4 is 29.1 Å². The largest absolute Gasteiger partial charge is 0.494 e. The fourth-order valence-corrected chi connectivity index (χ4v) is 7.07. The van der Waals surface area contributed by atoms with E-state index in [0.717, 1.165) is 20.3 Å². The molecular formula is C34H32ClIN2O6S. The highest BCUT2D eigenvalue weighted by molar-refractivity contribution is 14.1. The summed E-state index contributed by atoms with van der Waals surface area (Å²) in [6, 6.07) is 18.0. The maximum absolute atomic E-state index is 14.1. The van der Waals surface area contributed by atoms with Gasteiger partial charge in [-0.25, -0.2) is 9.79 Å². The maximum atomic E-state index is 14.1. The van der Waals surface area contributed by atoms with Crippen molar-refractivity contribution < 1.29 is 23.7 Å². The van der Waals surface area contributed by atoms with Crippen LogP contribution in [0.2, 0.25) is 5.02 Å². The molecule has 0 aliphatic carbocycles. The number of hydrogen-bond donors (Lipinski definition) is 0. The Morgan fingerprint density at radius 2 is 1.78 bits per heavy atom. The second-order valence-electron chi connectivity index (χ2n) is 9.99. The number of carbonyl (C=O) groups is 1. The molecule has 4 aromatic rings. The highest BCUT2D eigenvalue weighted by Crippen LogP contribution is 2.36. The zero-order valence-electron chi connectivity index (χ0n) is 25.3. The summed E-state index contributed by atoms with van der Waals surface area (Å²) < 4.78 is 26.0. The minimum absolute atomic E-state index is 0.204. The van der Waals surface area contributed by atoms with Crippen molar-refractivity contribution in [2.45, 2.75) is 40.3 Å². The summed E-state index contributed by atoms with van der Waals surface area (Å²) in [7, 11) is 0. The van der Waals surface area contributed by atoms with Crippen LogP contribution >= 0.6 is 45.5 Å². The average molecular weight is 759 g/mol. The van der Waals surface area contributed by atoms with Crippen LogP contribution in [0.4, 0.5) is 0 Å². The molecule has 0 N–H and O–H groups in total. The van der Waals surface area contributed by atoms with Crippen LogP contribution in [0.25, 0.3) is 6.08 Å². The monoisotopic (exact) mass is 758 g/mol. The zero-order chi connectivity index (χ0) is 32.1. The molecule has 0 radical (unpaired) electrons. The molecular weight excluding hydrogens is 727 g/mol. The third-order valence-corrected chi connectivity index (χ3v) is 8.94. The van der Waals surface area contributed by atoms with Gasteiger partial charge in [0.2, 0.25) is 0 Å². The summed E-state index contributed by atoms with van der Waals surface area (Å²) >= 11 is 9.62. The van der Waals surface area contributed by atoms with Gasteiger partial charge in [-0.05, 0) is 109 Å². The van der Waals surface area contributed by atoms with E-state index in [1.54, 1.807) is 18.4 Å². The van der Waals surface area contributed by atoms with E-state index in [1.807, 2.05) is 80.6 Å². The predicted octanol–water partition coefficient (Wildman–Crippen LogP) is 6.43. The van der Waals surface area contributed by atoms with Gasteiger partial charge in [-0.2, -0.15) is 0 Å². The number of esters is 1. The average Bonchev–Trinajstić information content (AvgIpc) is 3.30. The van der Waals surface area contributed by atoms with Gasteiger partial charge in [0, 0.05) is 5.02 Å². The van der Waals surface area contributed by atoms with Crippen molar-refractivity contribution in [1.29, 1.82) is 0 Å². The van der Waals surface area contributed by atoms with Gasteiger partial charge in [-0.3, -0.25) is 9.36 Å². The van der Waals surface area contributed by atoms with E-state index in [-0.39, 0.29) is 12.2 Å². The number of nitrogens with zero attached hydrogens (tertiary/aromatic N) is 2. The Balaban J connectivity index is 1.58. The van der Waals surface area contributed by atoms with E-state index in [9.17, 15) is 9.59 Å². The number of ether oxygens (including phenoxy) is 4. The third kappa shape index (κ3) is 7.29. The van der Waals surface area contributed by atoms with Crippen molar-refractivity contribution in [1.82, 2.24) is 4.57 Å². The van der Waals surface area contributed by atoms with Crippen LogP contribution in [-0.2, 0) is 16.1 Å². The normalized spacial score (nSPS) is 14.5. The molecule has 0 spiro atoms. The number of halogens is 2. The number of hydrogen-bond acceptors (Lipinski definition) is 8. The Hall–Kier alpha value is -3.61. The molecule has 0 saturated heterocycles. The van der Waals surface area contributed by atoms with Crippen molar-refractivity contribution in [3.8, 4) is 17.2 Å². The highest BCUT2D eigenvalue weighted by atomic mass is 127. The zero-order valence-corrected chi connectivity index (χ0v) is 29.0. The molecule has 3 aromatic carbocycles. The first-order valence-corrected chi connectivity index (χ1v) is 16.8. The Bertz CT molecular complexity index is 1930. The van der Waals surface area contributed by atoms with Crippen molar-refractivity contribution >= 4 is 57.6 Å². The Kier molecular flexibility index (Phi) is 10.7. The van der Waals surface area contributed by atoms with Crippen LogP contribution in [0.3, 0.4) is 0 Å². The first kappa shape index (κ1) is 32.8. The van der Waals surface area contributed by atoms with Gasteiger partial charge in [0.05, 0.1) is 45.2 Å².